The second kappa shape index (κ2) is 8.17. The van der Waals surface area contributed by atoms with E-state index in [0.717, 1.165) is 25.3 Å². The minimum atomic E-state index is 0.548. The lowest BCUT2D eigenvalue weighted by molar-refractivity contribution is 0.405. The normalized spacial score (nSPS) is 10.8. The Hall–Kier alpha value is -1.56. The van der Waals surface area contributed by atoms with E-state index in [-0.39, 0.29) is 0 Å². The van der Waals surface area contributed by atoms with Crippen LogP contribution >= 0.6 is 23.2 Å². The molecule has 2 rings (SSSR count). The number of hydrogen-bond donors (Lipinski definition) is 2. The van der Waals surface area contributed by atoms with Gasteiger partial charge in [0.2, 0.25) is 0 Å². The largest absolute Gasteiger partial charge is 0.370 e. The molecule has 7 heteroatoms. The summed E-state index contributed by atoms with van der Waals surface area (Å²) >= 11 is 12.3. The van der Waals surface area contributed by atoms with Gasteiger partial charge in [-0.3, -0.25) is 0 Å². The number of aromatic nitrogens is 2. The van der Waals surface area contributed by atoms with Gasteiger partial charge in [-0.05, 0) is 39.2 Å². The summed E-state index contributed by atoms with van der Waals surface area (Å²) in [5, 5.41) is 7.49. The summed E-state index contributed by atoms with van der Waals surface area (Å²) in [5.41, 5.74) is 0.642. The first-order valence-corrected chi connectivity index (χ1v) is 7.73. The molecule has 2 N–H and O–H groups in total. The lowest BCUT2D eigenvalue weighted by Crippen LogP contribution is -2.16. The van der Waals surface area contributed by atoms with Crippen LogP contribution in [-0.2, 0) is 0 Å². The molecule has 0 bridgehead atoms. The Bertz CT molecular complexity index is 598. The first-order chi connectivity index (χ1) is 10.6. The molecule has 1 aromatic heterocycles. The highest BCUT2D eigenvalue weighted by Gasteiger charge is 2.07. The molecule has 0 aliphatic rings. The monoisotopic (exact) mass is 339 g/mol. The van der Waals surface area contributed by atoms with Crippen LogP contribution in [0.3, 0.4) is 0 Å². The highest BCUT2D eigenvalue weighted by atomic mass is 35.5. The van der Waals surface area contributed by atoms with Gasteiger partial charge in [0.05, 0.1) is 15.7 Å². The predicted octanol–water partition coefficient (Wildman–Crippen LogP) is 3.89. The first kappa shape index (κ1) is 16.8. The van der Waals surface area contributed by atoms with Crippen LogP contribution in [0.4, 0.5) is 17.3 Å². The Morgan fingerprint density at radius 2 is 1.77 bits per heavy atom. The smallest absolute Gasteiger partial charge is 0.135 e. The molecule has 0 aliphatic carbocycles. The fourth-order valence-corrected chi connectivity index (χ4v) is 2.37. The van der Waals surface area contributed by atoms with Crippen LogP contribution in [0.1, 0.15) is 6.42 Å². The number of anilines is 3. The zero-order valence-electron chi connectivity index (χ0n) is 12.6. The molecule has 0 fully saturated rings. The minimum absolute atomic E-state index is 0.548. The van der Waals surface area contributed by atoms with Crippen molar-refractivity contribution in [3.63, 3.8) is 0 Å². The lowest BCUT2D eigenvalue weighted by Gasteiger charge is -2.12. The molecule has 0 aliphatic heterocycles. The average molecular weight is 340 g/mol. The molecule has 0 saturated heterocycles. The SMILES string of the molecule is CN(C)CCCNc1cc(Nc2c(Cl)cccc2Cl)ncn1. The summed E-state index contributed by atoms with van der Waals surface area (Å²) in [6, 6.07) is 7.18. The van der Waals surface area contributed by atoms with Crippen molar-refractivity contribution < 1.29 is 0 Å². The summed E-state index contributed by atoms with van der Waals surface area (Å²) in [6.07, 6.45) is 2.54. The molecule has 2 aromatic rings. The van der Waals surface area contributed by atoms with Crippen molar-refractivity contribution >= 4 is 40.5 Å². The fraction of sp³-hybridized carbons (Fsp3) is 0.333. The Morgan fingerprint density at radius 1 is 1.09 bits per heavy atom. The van der Waals surface area contributed by atoms with E-state index in [4.69, 9.17) is 23.2 Å². The fourth-order valence-electron chi connectivity index (χ4n) is 1.88. The van der Waals surface area contributed by atoms with Crippen molar-refractivity contribution in [3.05, 3.63) is 40.6 Å². The molecular formula is C15H19Cl2N5. The van der Waals surface area contributed by atoms with Crippen LogP contribution in [0.2, 0.25) is 10.0 Å². The Kier molecular flexibility index (Phi) is 6.24. The number of para-hydroxylation sites is 1. The molecule has 0 saturated carbocycles. The molecule has 0 unspecified atom stereocenters. The van der Waals surface area contributed by atoms with Gasteiger partial charge in [0, 0.05) is 12.6 Å². The van der Waals surface area contributed by atoms with E-state index >= 15 is 0 Å². The average Bonchev–Trinajstić information content (AvgIpc) is 2.48. The molecular weight excluding hydrogens is 321 g/mol. The highest BCUT2D eigenvalue weighted by molar-refractivity contribution is 6.39. The van der Waals surface area contributed by atoms with E-state index in [9.17, 15) is 0 Å². The summed E-state index contributed by atoms with van der Waals surface area (Å²) < 4.78 is 0. The van der Waals surface area contributed by atoms with E-state index in [1.54, 1.807) is 18.2 Å². The summed E-state index contributed by atoms with van der Waals surface area (Å²) in [5.74, 6) is 1.40. The zero-order valence-corrected chi connectivity index (χ0v) is 14.1. The maximum Gasteiger partial charge on any atom is 0.135 e. The third-order valence-corrected chi connectivity index (χ3v) is 3.60. The van der Waals surface area contributed by atoms with Gasteiger partial charge < -0.3 is 15.5 Å². The maximum absolute atomic E-state index is 6.14. The van der Waals surface area contributed by atoms with Crippen LogP contribution in [-0.4, -0.2) is 42.1 Å². The number of halogens is 2. The van der Waals surface area contributed by atoms with E-state index in [1.165, 1.54) is 6.33 Å². The van der Waals surface area contributed by atoms with Crippen molar-refractivity contribution in [2.24, 2.45) is 0 Å². The van der Waals surface area contributed by atoms with Gasteiger partial charge >= 0.3 is 0 Å². The summed E-state index contributed by atoms with van der Waals surface area (Å²) in [4.78, 5) is 10.5. The Labute approximate surface area is 140 Å². The molecule has 5 nitrogen and oxygen atoms in total. The molecule has 118 valence electrons. The Balaban J connectivity index is 1.99. The highest BCUT2D eigenvalue weighted by Crippen LogP contribution is 2.32. The van der Waals surface area contributed by atoms with Crippen LogP contribution in [0, 0.1) is 0 Å². The van der Waals surface area contributed by atoms with Crippen molar-refractivity contribution in [2.45, 2.75) is 6.42 Å². The molecule has 0 spiro atoms. The van der Waals surface area contributed by atoms with Gasteiger partial charge in [-0.15, -0.1) is 0 Å². The molecule has 22 heavy (non-hydrogen) atoms. The van der Waals surface area contributed by atoms with Crippen LogP contribution in [0.25, 0.3) is 0 Å². The van der Waals surface area contributed by atoms with Gasteiger partial charge in [-0.1, -0.05) is 29.3 Å². The molecule has 0 amide bonds. The standard InChI is InChI=1S/C15H19Cl2N5/c1-22(2)8-4-7-18-13-9-14(20-10-19-13)21-15-11(16)5-3-6-12(15)17/h3,5-6,9-10H,4,7-8H2,1-2H3,(H2,18,19,20,21). The summed E-state index contributed by atoms with van der Waals surface area (Å²) in [6.45, 7) is 1.87. The van der Waals surface area contributed by atoms with Gasteiger partial charge in [0.1, 0.15) is 18.0 Å². The second-order valence-electron chi connectivity index (χ2n) is 5.09. The van der Waals surface area contributed by atoms with Crippen LogP contribution in [0.5, 0.6) is 0 Å². The van der Waals surface area contributed by atoms with Crippen LogP contribution in [0.15, 0.2) is 30.6 Å². The molecule has 0 atom stereocenters. The molecule has 1 aromatic carbocycles. The third-order valence-electron chi connectivity index (χ3n) is 2.97. The number of rotatable bonds is 7. The van der Waals surface area contributed by atoms with Gasteiger partial charge in [0.25, 0.3) is 0 Å². The first-order valence-electron chi connectivity index (χ1n) is 6.98. The zero-order chi connectivity index (χ0) is 15.9. The van der Waals surface area contributed by atoms with Crippen molar-refractivity contribution in [2.75, 3.05) is 37.8 Å². The Morgan fingerprint density at radius 3 is 2.45 bits per heavy atom. The number of hydrogen-bond acceptors (Lipinski definition) is 5. The summed E-state index contributed by atoms with van der Waals surface area (Å²) in [7, 11) is 4.11. The third kappa shape index (κ3) is 5.02. The van der Waals surface area contributed by atoms with Gasteiger partial charge in [0.15, 0.2) is 0 Å². The maximum atomic E-state index is 6.14. The number of nitrogens with zero attached hydrogens (tertiary/aromatic N) is 3. The van der Waals surface area contributed by atoms with Gasteiger partial charge in [-0.25, -0.2) is 9.97 Å². The van der Waals surface area contributed by atoms with Gasteiger partial charge in [-0.2, -0.15) is 0 Å². The topological polar surface area (TPSA) is 53.1 Å². The predicted molar refractivity (Wildman–Crippen MR) is 93.4 cm³/mol. The van der Waals surface area contributed by atoms with E-state index in [2.05, 4.69) is 39.6 Å². The quantitative estimate of drug-likeness (QED) is 0.749. The number of benzene rings is 1. The molecule has 1 heterocycles. The van der Waals surface area contributed by atoms with E-state index in [0.29, 0.717) is 21.6 Å². The second-order valence-corrected chi connectivity index (χ2v) is 5.91. The van der Waals surface area contributed by atoms with E-state index in [1.807, 2.05) is 6.07 Å². The van der Waals surface area contributed by atoms with E-state index < -0.39 is 0 Å². The molecule has 0 radical (unpaired) electrons. The van der Waals surface area contributed by atoms with Crippen molar-refractivity contribution in [3.8, 4) is 0 Å². The van der Waals surface area contributed by atoms with Crippen molar-refractivity contribution in [1.82, 2.24) is 14.9 Å². The van der Waals surface area contributed by atoms with Crippen molar-refractivity contribution in [1.29, 1.82) is 0 Å². The lowest BCUT2D eigenvalue weighted by atomic mass is 10.3. The minimum Gasteiger partial charge on any atom is -0.370 e. The number of nitrogens with one attached hydrogen (secondary N) is 2. The van der Waals surface area contributed by atoms with Crippen LogP contribution < -0.4 is 10.6 Å².